The molecule has 0 aliphatic heterocycles. The normalized spacial score (nSPS) is 11.7. The SMILES string of the molecule is N#Cc1cccc(-c2ccc(-n3c4ccccc4c4cc5oc6ccccc6c5cc43)c(C#N)c2C#N)c1-n1c2ccccc2c2cc3oc4ccccc4c3cc21. The molecule has 0 N–H and O–H groups in total. The Morgan fingerprint density at radius 2 is 0.897 bits per heavy atom. The van der Waals surface area contributed by atoms with Gasteiger partial charge < -0.3 is 18.0 Å². The van der Waals surface area contributed by atoms with E-state index in [0.717, 1.165) is 87.5 Å². The fourth-order valence-electron chi connectivity index (χ4n) is 9.20. The molecule has 8 aromatic carbocycles. The summed E-state index contributed by atoms with van der Waals surface area (Å²) in [6.07, 6.45) is 0. The Morgan fingerprint density at radius 1 is 0.362 bits per heavy atom. The van der Waals surface area contributed by atoms with Crippen molar-refractivity contribution in [3.8, 4) is 40.7 Å². The summed E-state index contributed by atoms with van der Waals surface area (Å²) in [6.45, 7) is 0. The van der Waals surface area contributed by atoms with Crippen LogP contribution >= 0.6 is 0 Å². The second kappa shape index (κ2) is 11.7. The minimum Gasteiger partial charge on any atom is -0.456 e. The molecule has 7 nitrogen and oxygen atoms in total. The van der Waals surface area contributed by atoms with E-state index in [2.05, 4.69) is 69.8 Å². The molecule has 7 heteroatoms. The zero-order chi connectivity index (χ0) is 38.6. The van der Waals surface area contributed by atoms with Gasteiger partial charge in [-0.25, -0.2) is 0 Å². The van der Waals surface area contributed by atoms with Crippen LogP contribution in [0.3, 0.4) is 0 Å². The van der Waals surface area contributed by atoms with E-state index in [0.29, 0.717) is 28.1 Å². The van der Waals surface area contributed by atoms with Crippen LogP contribution in [0.1, 0.15) is 16.7 Å². The highest BCUT2D eigenvalue weighted by molar-refractivity contribution is 6.19. The Labute approximate surface area is 329 Å². The number of hydrogen-bond donors (Lipinski definition) is 0. The zero-order valence-electron chi connectivity index (χ0n) is 30.5. The van der Waals surface area contributed by atoms with Gasteiger partial charge >= 0.3 is 0 Å². The molecule has 0 fully saturated rings. The Bertz CT molecular complexity index is 3910. The van der Waals surface area contributed by atoms with Gasteiger partial charge in [-0.2, -0.15) is 15.8 Å². The molecule has 0 saturated carbocycles. The Morgan fingerprint density at radius 3 is 1.48 bits per heavy atom. The van der Waals surface area contributed by atoms with Gasteiger partial charge in [0.25, 0.3) is 0 Å². The first kappa shape index (κ1) is 31.7. The summed E-state index contributed by atoms with van der Waals surface area (Å²) in [5, 5.41) is 40.7. The van der Waals surface area contributed by atoms with Crippen LogP contribution in [0.4, 0.5) is 0 Å². The van der Waals surface area contributed by atoms with E-state index in [1.165, 1.54) is 0 Å². The lowest BCUT2D eigenvalue weighted by Crippen LogP contribution is -2.04. The first-order valence-electron chi connectivity index (χ1n) is 18.9. The molecule has 0 bridgehead atoms. The second-order valence-corrected chi connectivity index (χ2v) is 14.6. The van der Waals surface area contributed by atoms with Crippen molar-refractivity contribution in [3.05, 3.63) is 168 Å². The number of rotatable bonds is 3. The Kier molecular flexibility index (Phi) is 6.41. The number of fused-ring (bicyclic) bond motifs is 12. The Balaban J connectivity index is 1.15. The summed E-state index contributed by atoms with van der Waals surface area (Å²) in [5.41, 5.74) is 10.1. The summed E-state index contributed by atoms with van der Waals surface area (Å²) < 4.78 is 16.8. The van der Waals surface area contributed by atoms with Crippen LogP contribution in [-0.4, -0.2) is 9.13 Å². The number of nitriles is 3. The maximum atomic E-state index is 11.1. The van der Waals surface area contributed by atoms with Crippen LogP contribution in [0.2, 0.25) is 0 Å². The highest BCUT2D eigenvalue weighted by atomic mass is 16.3. The third kappa shape index (κ3) is 4.18. The molecular formula is C51H25N5O2. The van der Waals surface area contributed by atoms with Crippen LogP contribution in [0, 0.1) is 34.0 Å². The van der Waals surface area contributed by atoms with Gasteiger partial charge in [0, 0.05) is 54.2 Å². The fraction of sp³-hybridized carbons (Fsp3) is 0. The van der Waals surface area contributed by atoms with Crippen molar-refractivity contribution in [1.82, 2.24) is 9.13 Å². The van der Waals surface area contributed by atoms with Crippen molar-refractivity contribution in [1.29, 1.82) is 15.8 Å². The number of nitrogens with zero attached hydrogens (tertiary/aromatic N) is 5. The van der Waals surface area contributed by atoms with Gasteiger partial charge in [-0.05, 0) is 60.7 Å². The molecule has 12 rings (SSSR count). The lowest BCUT2D eigenvalue weighted by Gasteiger charge is -2.18. The van der Waals surface area contributed by atoms with Gasteiger partial charge in [0.2, 0.25) is 0 Å². The quantitative estimate of drug-likeness (QED) is 0.179. The van der Waals surface area contributed by atoms with E-state index in [4.69, 9.17) is 8.83 Å². The predicted molar refractivity (Wildman–Crippen MR) is 229 cm³/mol. The molecule has 0 unspecified atom stereocenters. The summed E-state index contributed by atoms with van der Waals surface area (Å²) in [4.78, 5) is 0. The Hall–Kier alpha value is -8.57. The first-order valence-corrected chi connectivity index (χ1v) is 18.9. The second-order valence-electron chi connectivity index (χ2n) is 14.6. The third-order valence-electron chi connectivity index (χ3n) is 11.7. The maximum absolute atomic E-state index is 11.1. The van der Waals surface area contributed by atoms with Crippen molar-refractivity contribution >= 4 is 87.5 Å². The molecule has 0 amide bonds. The summed E-state index contributed by atoms with van der Waals surface area (Å²) in [6, 6.07) is 57.3. The van der Waals surface area contributed by atoms with Gasteiger partial charge in [0.05, 0.1) is 50.1 Å². The van der Waals surface area contributed by atoms with Gasteiger partial charge in [0.1, 0.15) is 40.5 Å². The van der Waals surface area contributed by atoms with E-state index < -0.39 is 0 Å². The van der Waals surface area contributed by atoms with Crippen LogP contribution in [0.25, 0.3) is 110 Å². The molecule has 58 heavy (non-hydrogen) atoms. The molecule has 0 aliphatic carbocycles. The van der Waals surface area contributed by atoms with Crippen molar-refractivity contribution in [3.63, 3.8) is 0 Å². The van der Waals surface area contributed by atoms with E-state index in [-0.39, 0.29) is 11.1 Å². The van der Waals surface area contributed by atoms with Crippen molar-refractivity contribution in [2.75, 3.05) is 0 Å². The number of aromatic nitrogens is 2. The highest BCUT2D eigenvalue weighted by Gasteiger charge is 2.25. The smallest absolute Gasteiger partial charge is 0.136 e. The molecule has 0 spiro atoms. The minimum atomic E-state index is 0.223. The maximum Gasteiger partial charge on any atom is 0.136 e. The van der Waals surface area contributed by atoms with Crippen molar-refractivity contribution in [2.45, 2.75) is 0 Å². The van der Waals surface area contributed by atoms with Crippen LogP contribution in [0.5, 0.6) is 0 Å². The fourth-order valence-corrected chi connectivity index (χ4v) is 9.20. The monoisotopic (exact) mass is 739 g/mol. The molecule has 0 saturated heterocycles. The average molecular weight is 740 g/mol. The number of para-hydroxylation sites is 5. The van der Waals surface area contributed by atoms with Gasteiger partial charge in [-0.15, -0.1) is 0 Å². The third-order valence-corrected chi connectivity index (χ3v) is 11.7. The van der Waals surface area contributed by atoms with Gasteiger partial charge in [-0.3, -0.25) is 0 Å². The molecule has 266 valence electrons. The number of hydrogen-bond acceptors (Lipinski definition) is 5. The molecule has 0 aliphatic rings. The van der Waals surface area contributed by atoms with Crippen LogP contribution in [-0.2, 0) is 0 Å². The summed E-state index contributed by atoms with van der Waals surface area (Å²) in [7, 11) is 0. The lowest BCUT2D eigenvalue weighted by molar-refractivity contribution is 0.669. The molecule has 0 radical (unpaired) electrons. The standard InChI is InChI=1S/C51H25N5O2/c52-26-29-10-9-15-35(51(29)56-43-17-6-2-12-32(43)37-25-50-39(23-46(37)56)34-14-4-8-19-48(34)58-50)30-20-21-44(41(28-54)40(30)27-53)55-42-16-5-1-11-31(42)36-24-49-38(22-45(36)55)33-13-3-7-18-47(33)57-49/h1-25H. The first-order chi connectivity index (χ1) is 28.6. The summed E-state index contributed by atoms with van der Waals surface area (Å²) >= 11 is 0. The highest BCUT2D eigenvalue weighted by Crippen LogP contribution is 2.44. The largest absolute Gasteiger partial charge is 0.456 e. The van der Waals surface area contributed by atoms with Crippen LogP contribution in [0.15, 0.2) is 160 Å². The van der Waals surface area contributed by atoms with E-state index >= 15 is 0 Å². The topological polar surface area (TPSA) is 108 Å². The number of benzene rings is 8. The number of furan rings is 2. The van der Waals surface area contributed by atoms with Crippen LogP contribution < -0.4 is 0 Å². The van der Waals surface area contributed by atoms with Gasteiger partial charge in [0.15, 0.2) is 0 Å². The van der Waals surface area contributed by atoms with Gasteiger partial charge in [-0.1, -0.05) is 91.0 Å². The average Bonchev–Trinajstić information content (AvgIpc) is 4.01. The van der Waals surface area contributed by atoms with E-state index in [9.17, 15) is 15.8 Å². The molecule has 4 aromatic heterocycles. The molecule has 4 heterocycles. The zero-order valence-corrected chi connectivity index (χ0v) is 30.5. The van der Waals surface area contributed by atoms with Crippen molar-refractivity contribution in [2.24, 2.45) is 0 Å². The molecular weight excluding hydrogens is 715 g/mol. The predicted octanol–water partition coefficient (Wildman–Crippen LogP) is 13.0. The molecule has 0 atom stereocenters. The van der Waals surface area contributed by atoms with E-state index in [1.54, 1.807) is 6.07 Å². The van der Waals surface area contributed by atoms with Crippen molar-refractivity contribution < 1.29 is 8.83 Å². The van der Waals surface area contributed by atoms with E-state index in [1.807, 2.05) is 103 Å². The molecule has 12 aromatic rings. The minimum absolute atomic E-state index is 0.223. The lowest BCUT2D eigenvalue weighted by atomic mass is 9.92. The summed E-state index contributed by atoms with van der Waals surface area (Å²) in [5.74, 6) is 0.